The Morgan fingerprint density at radius 3 is 2.76 bits per heavy atom. The van der Waals surface area contributed by atoms with E-state index in [9.17, 15) is 5.11 Å². The van der Waals surface area contributed by atoms with Crippen LogP contribution in [0.15, 0.2) is 0 Å². The lowest BCUT2D eigenvalue weighted by molar-refractivity contribution is 0.112. The van der Waals surface area contributed by atoms with Crippen molar-refractivity contribution in [1.29, 1.82) is 0 Å². The predicted octanol–water partition coefficient (Wildman–Crippen LogP) is 1.54. The van der Waals surface area contributed by atoms with Crippen molar-refractivity contribution in [1.82, 2.24) is 15.1 Å². The summed E-state index contributed by atoms with van der Waals surface area (Å²) in [7, 11) is 4.38. The molecule has 1 heterocycles. The Hall–Kier alpha value is -0.160. The number of aliphatic hydroxyl groups excluding tert-OH is 1. The van der Waals surface area contributed by atoms with Gasteiger partial charge in [-0.3, -0.25) is 0 Å². The van der Waals surface area contributed by atoms with E-state index < -0.39 is 0 Å². The highest BCUT2D eigenvalue weighted by Crippen LogP contribution is 2.38. The van der Waals surface area contributed by atoms with E-state index in [0.29, 0.717) is 12.5 Å². The summed E-state index contributed by atoms with van der Waals surface area (Å²) in [6.45, 7) is 7.19. The maximum Gasteiger partial charge on any atom is 0.0616 e. The molecule has 0 aromatic rings. The van der Waals surface area contributed by atoms with E-state index in [0.717, 1.165) is 25.4 Å². The molecular weight excluding hydrogens is 262 g/mol. The summed E-state index contributed by atoms with van der Waals surface area (Å²) in [5.41, 5.74) is 0.0106. The fourth-order valence-corrected chi connectivity index (χ4v) is 4.21. The van der Waals surface area contributed by atoms with Gasteiger partial charge in [0.2, 0.25) is 0 Å². The highest BCUT2D eigenvalue weighted by Gasteiger charge is 2.41. The average Bonchev–Trinajstić information content (AvgIpc) is 3.10. The molecule has 0 aromatic heterocycles. The van der Waals surface area contributed by atoms with Crippen molar-refractivity contribution >= 4 is 0 Å². The lowest BCUT2D eigenvalue weighted by Crippen LogP contribution is -2.52. The summed E-state index contributed by atoms with van der Waals surface area (Å²) in [4.78, 5) is 4.97. The second kappa shape index (κ2) is 7.91. The maximum atomic E-state index is 9.94. The largest absolute Gasteiger partial charge is 0.394 e. The third-order valence-electron chi connectivity index (χ3n) is 5.74. The number of nitrogens with zero attached hydrogens (tertiary/aromatic N) is 2. The number of aliphatic hydroxyl groups is 1. The molecule has 124 valence electrons. The standard InChI is InChI=1S/C17H35N3O/c1-4-10-18-17(14-21)9-5-6-15(17)7-11-20-12-8-16(13-20)19(2)3/h15-16,18,21H,4-14H2,1-3H3. The van der Waals surface area contributed by atoms with Gasteiger partial charge < -0.3 is 20.2 Å². The SMILES string of the molecule is CCCNC1(CO)CCCC1CCN1CCC(N(C)C)C1. The second-order valence-corrected chi connectivity index (χ2v) is 7.33. The van der Waals surface area contributed by atoms with Crippen molar-refractivity contribution in [3.8, 4) is 0 Å². The topological polar surface area (TPSA) is 38.7 Å². The minimum atomic E-state index is 0.0106. The first kappa shape index (κ1) is 17.2. The van der Waals surface area contributed by atoms with E-state index in [4.69, 9.17) is 0 Å². The lowest BCUT2D eigenvalue weighted by Gasteiger charge is -2.36. The Bertz CT molecular complexity index is 310. The van der Waals surface area contributed by atoms with Crippen molar-refractivity contribution < 1.29 is 5.11 Å². The van der Waals surface area contributed by atoms with Crippen LogP contribution in [0.25, 0.3) is 0 Å². The summed E-state index contributed by atoms with van der Waals surface area (Å²) in [5.74, 6) is 0.646. The Morgan fingerprint density at radius 1 is 1.33 bits per heavy atom. The molecule has 0 amide bonds. The molecule has 1 aliphatic carbocycles. The van der Waals surface area contributed by atoms with Crippen molar-refractivity contribution in [3.63, 3.8) is 0 Å². The van der Waals surface area contributed by atoms with E-state index in [1.807, 2.05) is 0 Å². The zero-order valence-corrected chi connectivity index (χ0v) is 14.3. The summed E-state index contributed by atoms with van der Waals surface area (Å²) < 4.78 is 0. The van der Waals surface area contributed by atoms with Crippen molar-refractivity contribution in [2.24, 2.45) is 5.92 Å². The molecule has 21 heavy (non-hydrogen) atoms. The van der Waals surface area contributed by atoms with Gasteiger partial charge in [-0.1, -0.05) is 13.3 Å². The van der Waals surface area contributed by atoms with Crippen LogP contribution >= 0.6 is 0 Å². The molecule has 4 heteroatoms. The van der Waals surface area contributed by atoms with Gasteiger partial charge in [-0.05, 0) is 71.8 Å². The van der Waals surface area contributed by atoms with Crippen LogP contribution in [0.4, 0.5) is 0 Å². The van der Waals surface area contributed by atoms with Crippen LogP contribution in [0.5, 0.6) is 0 Å². The Morgan fingerprint density at radius 2 is 2.14 bits per heavy atom. The lowest BCUT2D eigenvalue weighted by atomic mass is 9.85. The summed E-state index contributed by atoms with van der Waals surface area (Å²) in [6.07, 6.45) is 7.37. The van der Waals surface area contributed by atoms with Crippen LogP contribution in [0.1, 0.15) is 45.4 Å². The number of rotatable bonds is 8. The molecule has 2 rings (SSSR count). The minimum Gasteiger partial charge on any atom is -0.394 e. The monoisotopic (exact) mass is 297 g/mol. The van der Waals surface area contributed by atoms with E-state index in [2.05, 4.69) is 36.1 Å². The first-order valence-electron chi connectivity index (χ1n) is 8.86. The van der Waals surface area contributed by atoms with Gasteiger partial charge in [-0.25, -0.2) is 0 Å². The van der Waals surface area contributed by atoms with Crippen LogP contribution in [0.3, 0.4) is 0 Å². The zero-order chi connectivity index (χ0) is 15.3. The first-order valence-corrected chi connectivity index (χ1v) is 8.86. The van der Waals surface area contributed by atoms with Crippen LogP contribution in [-0.2, 0) is 0 Å². The minimum absolute atomic E-state index is 0.0106. The number of likely N-dealkylation sites (tertiary alicyclic amines) is 1. The number of nitrogens with one attached hydrogen (secondary N) is 1. The number of hydrogen-bond donors (Lipinski definition) is 2. The Labute approximate surface area is 130 Å². The number of likely N-dealkylation sites (N-methyl/N-ethyl adjacent to an activating group) is 1. The van der Waals surface area contributed by atoms with E-state index >= 15 is 0 Å². The molecular formula is C17H35N3O. The van der Waals surface area contributed by atoms with Crippen molar-refractivity contribution in [2.45, 2.75) is 57.0 Å². The van der Waals surface area contributed by atoms with Gasteiger partial charge in [-0.2, -0.15) is 0 Å². The maximum absolute atomic E-state index is 9.94. The highest BCUT2D eigenvalue weighted by molar-refractivity contribution is 4.99. The Kier molecular flexibility index (Phi) is 6.48. The van der Waals surface area contributed by atoms with Gasteiger partial charge in [0.15, 0.2) is 0 Å². The average molecular weight is 297 g/mol. The molecule has 3 atom stereocenters. The second-order valence-electron chi connectivity index (χ2n) is 7.33. The molecule has 1 saturated carbocycles. The van der Waals surface area contributed by atoms with Crippen LogP contribution in [0.2, 0.25) is 0 Å². The molecule has 1 saturated heterocycles. The molecule has 2 fully saturated rings. The van der Waals surface area contributed by atoms with Gasteiger partial charge in [0.05, 0.1) is 6.61 Å². The molecule has 0 aromatic carbocycles. The Balaban J connectivity index is 1.81. The van der Waals surface area contributed by atoms with Gasteiger partial charge in [-0.15, -0.1) is 0 Å². The molecule has 0 spiro atoms. The van der Waals surface area contributed by atoms with Crippen molar-refractivity contribution in [2.75, 3.05) is 46.9 Å². The molecule has 1 aliphatic heterocycles. The smallest absolute Gasteiger partial charge is 0.0616 e. The fraction of sp³-hybridized carbons (Fsp3) is 1.00. The molecule has 2 aliphatic rings. The summed E-state index contributed by atoms with van der Waals surface area (Å²) in [6, 6.07) is 0.731. The van der Waals surface area contributed by atoms with Crippen LogP contribution in [0, 0.1) is 5.92 Å². The third kappa shape index (κ3) is 4.19. The van der Waals surface area contributed by atoms with Gasteiger partial charge >= 0.3 is 0 Å². The molecule has 3 unspecified atom stereocenters. The normalized spacial score (nSPS) is 34.1. The van der Waals surface area contributed by atoms with Gasteiger partial charge in [0.25, 0.3) is 0 Å². The third-order valence-corrected chi connectivity index (χ3v) is 5.74. The quantitative estimate of drug-likeness (QED) is 0.713. The van der Waals surface area contributed by atoms with Crippen molar-refractivity contribution in [3.05, 3.63) is 0 Å². The molecule has 4 nitrogen and oxygen atoms in total. The van der Waals surface area contributed by atoms with Gasteiger partial charge in [0.1, 0.15) is 0 Å². The molecule has 0 bridgehead atoms. The fourth-order valence-electron chi connectivity index (χ4n) is 4.21. The highest BCUT2D eigenvalue weighted by atomic mass is 16.3. The first-order chi connectivity index (χ1) is 10.1. The predicted molar refractivity (Wildman–Crippen MR) is 88.6 cm³/mol. The number of hydrogen-bond acceptors (Lipinski definition) is 4. The van der Waals surface area contributed by atoms with Gasteiger partial charge in [0, 0.05) is 18.1 Å². The summed E-state index contributed by atoms with van der Waals surface area (Å²) in [5, 5.41) is 13.6. The van der Waals surface area contributed by atoms with E-state index in [1.165, 1.54) is 45.3 Å². The molecule has 0 radical (unpaired) electrons. The van der Waals surface area contributed by atoms with Crippen LogP contribution in [-0.4, -0.2) is 73.4 Å². The van der Waals surface area contributed by atoms with E-state index in [1.54, 1.807) is 0 Å². The zero-order valence-electron chi connectivity index (χ0n) is 14.3. The summed E-state index contributed by atoms with van der Waals surface area (Å²) >= 11 is 0. The van der Waals surface area contributed by atoms with E-state index in [-0.39, 0.29) is 5.54 Å². The molecule has 2 N–H and O–H groups in total. The van der Waals surface area contributed by atoms with Crippen LogP contribution < -0.4 is 5.32 Å².